The summed E-state index contributed by atoms with van der Waals surface area (Å²) in [5.41, 5.74) is 2.71. The number of anilines is 1. The first kappa shape index (κ1) is 12.5. The monoisotopic (exact) mass is 308 g/mol. The molecule has 3 rings (SSSR count). The lowest BCUT2D eigenvalue weighted by Crippen LogP contribution is -2.48. The van der Waals surface area contributed by atoms with Gasteiger partial charge in [0.1, 0.15) is 0 Å². The van der Waals surface area contributed by atoms with Crippen molar-refractivity contribution in [2.45, 2.75) is 50.7 Å². The minimum absolute atomic E-state index is 0.711. The second-order valence-corrected chi connectivity index (χ2v) is 6.56. The number of aryl methyl sites for hydroxylation is 1. The van der Waals surface area contributed by atoms with Crippen LogP contribution in [0.5, 0.6) is 0 Å². The van der Waals surface area contributed by atoms with Gasteiger partial charge in [-0.2, -0.15) is 0 Å². The standard InChI is InChI=1S/C15H21BrN2/c1-10-3-6-15(14(16)7-10)18-12-4-5-13(18)9-11(8-12)17-2/h3,6-7,11-13,17H,4-5,8-9H2,1-2H3. The van der Waals surface area contributed by atoms with E-state index in [1.165, 1.54) is 41.4 Å². The molecule has 2 aliphatic rings. The van der Waals surface area contributed by atoms with Crippen molar-refractivity contribution in [2.75, 3.05) is 11.9 Å². The minimum Gasteiger partial charge on any atom is -0.365 e. The van der Waals surface area contributed by atoms with Crippen molar-refractivity contribution in [3.8, 4) is 0 Å². The Morgan fingerprint density at radius 1 is 1.22 bits per heavy atom. The van der Waals surface area contributed by atoms with Crippen LogP contribution in [0.3, 0.4) is 0 Å². The molecule has 0 saturated carbocycles. The summed E-state index contributed by atoms with van der Waals surface area (Å²) in [6.07, 6.45) is 5.27. The molecule has 2 unspecified atom stereocenters. The summed E-state index contributed by atoms with van der Waals surface area (Å²) in [5, 5.41) is 3.46. The Kier molecular flexibility index (Phi) is 3.37. The third-order valence-corrected chi connectivity index (χ3v) is 5.16. The summed E-state index contributed by atoms with van der Waals surface area (Å²) in [6.45, 7) is 2.15. The molecule has 0 aromatic heterocycles. The van der Waals surface area contributed by atoms with Gasteiger partial charge in [0.15, 0.2) is 0 Å². The first-order chi connectivity index (χ1) is 8.69. The smallest absolute Gasteiger partial charge is 0.0515 e. The number of fused-ring (bicyclic) bond motifs is 2. The number of rotatable bonds is 2. The van der Waals surface area contributed by atoms with E-state index in [0.29, 0.717) is 6.04 Å². The molecule has 0 radical (unpaired) electrons. The Bertz CT molecular complexity index is 432. The van der Waals surface area contributed by atoms with Crippen LogP contribution >= 0.6 is 15.9 Å². The van der Waals surface area contributed by atoms with E-state index in [4.69, 9.17) is 0 Å². The van der Waals surface area contributed by atoms with Crippen LogP contribution in [-0.4, -0.2) is 25.2 Å². The molecule has 0 aliphatic carbocycles. The summed E-state index contributed by atoms with van der Waals surface area (Å²) in [6, 6.07) is 8.90. The van der Waals surface area contributed by atoms with E-state index in [1.54, 1.807) is 0 Å². The van der Waals surface area contributed by atoms with Crippen molar-refractivity contribution in [3.05, 3.63) is 28.2 Å². The second kappa shape index (κ2) is 4.86. The Labute approximate surface area is 118 Å². The van der Waals surface area contributed by atoms with Gasteiger partial charge in [-0.1, -0.05) is 6.07 Å². The zero-order valence-corrected chi connectivity index (χ0v) is 12.7. The van der Waals surface area contributed by atoms with Gasteiger partial charge in [0.25, 0.3) is 0 Å². The van der Waals surface area contributed by atoms with Gasteiger partial charge in [0.05, 0.1) is 5.69 Å². The van der Waals surface area contributed by atoms with Gasteiger partial charge in [0, 0.05) is 22.6 Å². The Morgan fingerprint density at radius 2 is 1.89 bits per heavy atom. The molecular weight excluding hydrogens is 288 g/mol. The van der Waals surface area contributed by atoms with Gasteiger partial charge in [-0.15, -0.1) is 0 Å². The highest BCUT2D eigenvalue weighted by Crippen LogP contribution is 2.42. The van der Waals surface area contributed by atoms with Gasteiger partial charge in [0.2, 0.25) is 0 Å². The van der Waals surface area contributed by atoms with Gasteiger partial charge in [-0.25, -0.2) is 0 Å². The van der Waals surface area contributed by atoms with E-state index in [-0.39, 0.29) is 0 Å². The molecule has 2 aliphatic heterocycles. The second-order valence-electron chi connectivity index (χ2n) is 5.70. The van der Waals surface area contributed by atoms with Crippen LogP contribution in [0.25, 0.3) is 0 Å². The number of halogens is 1. The molecule has 0 amide bonds. The molecule has 2 fully saturated rings. The third-order valence-electron chi connectivity index (χ3n) is 4.52. The molecule has 1 aromatic rings. The van der Waals surface area contributed by atoms with Crippen molar-refractivity contribution < 1.29 is 0 Å². The molecule has 2 nitrogen and oxygen atoms in total. The number of benzene rings is 1. The van der Waals surface area contributed by atoms with Crippen LogP contribution in [0.4, 0.5) is 5.69 Å². The SMILES string of the molecule is CNC1CC2CCC(C1)N2c1ccc(C)cc1Br. The molecular formula is C15H21BrN2. The Hall–Kier alpha value is -0.540. The fourth-order valence-corrected chi connectivity index (χ4v) is 4.33. The van der Waals surface area contributed by atoms with Crippen molar-refractivity contribution >= 4 is 21.6 Å². The van der Waals surface area contributed by atoms with Crippen LogP contribution in [0.1, 0.15) is 31.2 Å². The van der Waals surface area contributed by atoms with E-state index in [0.717, 1.165) is 12.1 Å². The maximum atomic E-state index is 3.74. The van der Waals surface area contributed by atoms with Crippen LogP contribution in [0.2, 0.25) is 0 Å². The Balaban J connectivity index is 1.89. The largest absolute Gasteiger partial charge is 0.365 e. The summed E-state index contributed by atoms with van der Waals surface area (Å²) >= 11 is 3.74. The molecule has 2 heterocycles. The first-order valence-electron chi connectivity index (χ1n) is 6.91. The van der Waals surface area contributed by atoms with E-state index in [9.17, 15) is 0 Å². The fraction of sp³-hybridized carbons (Fsp3) is 0.600. The molecule has 18 heavy (non-hydrogen) atoms. The first-order valence-corrected chi connectivity index (χ1v) is 7.70. The Morgan fingerprint density at radius 3 is 2.44 bits per heavy atom. The maximum absolute atomic E-state index is 3.74. The van der Waals surface area contributed by atoms with Gasteiger partial charge in [-0.3, -0.25) is 0 Å². The van der Waals surface area contributed by atoms with E-state index in [2.05, 4.69) is 58.3 Å². The van der Waals surface area contributed by atoms with Gasteiger partial charge >= 0.3 is 0 Å². The van der Waals surface area contributed by atoms with Crippen molar-refractivity contribution in [3.63, 3.8) is 0 Å². The highest BCUT2D eigenvalue weighted by atomic mass is 79.9. The van der Waals surface area contributed by atoms with E-state index >= 15 is 0 Å². The number of nitrogens with one attached hydrogen (secondary N) is 1. The minimum atomic E-state index is 0.711. The lowest BCUT2D eigenvalue weighted by atomic mass is 9.96. The van der Waals surface area contributed by atoms with Crippen molar-refractivity contribution in [1.29, 1.82) is 0 Å². The highest BCUT2D eigenvalue weighted by Gasteiger charge is 2.40. The molecule has 0 spiro atoms. The summed E-state index contributed by atoms with van der Waals surface area (Å²) in [4.78, 5) is 2.66. The summed E-state index contributed by atoms with van der Waals surface area (Å²) < 4.78 is 1.25. The van der Waals surface area contributed by atoms with Crippen LogP contribution < -0.4 is 10.2 Å². The zero-order chi connectivity index (χ0) is 12.7. The molecule has 1 N–H and O–H groups in total. The third kappa shape index (κ3) is 2.08. The quantitative estimate of drug-likeness (QED) is 0.900. The lowest BCUT2D eigenvalue weighted by Gasteiger charge is -2.41. The number of hydrogen-bond donors (Lipinski definition) is 1. The molecule has 2 saturated heterocycles. The zero-order valence-electron chi connectivity index (χ0n) is 11.1. The van der Waals surface area contributed by atoms with Crippen molar-refractivity contribution in [2.24, 2.45) is 0 Å². The normalized spacial score (nSPS) is 30.8. The fourth-order valence-electron chi connectivity index (χ4n) is 3.63. The lowest BCUT2D eigenvalue weighted by molar-refractivity contribution is 0.373. The topological polar surface area (TPSA) is 15.3 Å². The number of piperidine rings is 1. The van der Waals surface area contributed by atoms with Crippen molar-refractivity contribution in [1.82, 2.24) is 5.32 Å². The molecule has 2 bridgehead atoms. The van der Waals surface area contributed by atoms with E-state index < -0.39 is 0 Å². The summed E-state index contributed by atoms with van der Waals surface area (Å²) in [5.74, 6) is 0. The molecule has 2 atom stereocenters. The maximum Gasteiger partial charge on any atom is 0.0515 e. The number of hydrogen-bond acceptors (Lipinski definition) is 2. The predicted molar refractivity (Wildman–Crippen MR) is 80.2 cm³/mol. The predicted octanol–water partition coefficient (Wildman–Crippen LogP) is 3.48. The van der Waals surface area contributed by atoms with E-state index in [1.807, 2.05) is 0 Å². The summed E-state index contributed by atoms with van der Waals surface area (Å²) in [7, 11) is 2.10. The van der Waals surface area contributed by atoms with Gasteiger partial charge < -0.3 is 10.2 Å². The van der Waals surface area contributed by atoms with Crippen LogP contribution in [0, 0.1) is 6.92 Å². The average molecular weight is 309 g/mol. The molecule has 1 aromatic carbocycles. The molecule has 98 valence electrons. The van der Waals surface area contributed by atoms with Crippen LogP contribution in [-0.2, 0) is 0 Å². The van der Waals surface area contributed by atoms with Crippen LogP contribution in [0.15, 0.2) is 22.7 Å². The van der Waals surface area contributed by atoms with Gasteiger partial charge in [-0.05, 0) is 73.3 Å². The molecule has 3 heteroatoms. The highest BCUT2D eigenvalue weighted by molar-refractivity contribution is 9.10. The number of nitrogens with zero attached hydrogens (tertiary/aromatic N) is 1. The average Bonchev–Trinajstić information content (AvgIpc) is 2.60.